The van der Waals surface area contributed by atoms with Gasteiger partial charge in [0, 0.05) is 6.20 Å². The Morgan fingerprint density at radius 2 is 2.06 bits per heavy atom. The molecule has 1 atom stereocenters. The third-order valence-electron chi connectivity index (χ3n) is 2.43. The molecule has 0 aliphatic carbocycles. The highest BCUT2D eigenvalue weighted by atomic mass is 19.4. The molecule has 0 saturated carbocycles. The number of aromatic nitrogens is 1. The highest BCUT2D eigenvalue weighted by Crippen LogP contribution is 2.14. The molecule has 0 saturated heterocycles. The molecule has 0 bridgehead atoms. The maximum Gasteiger partial charge on any atom is 0.511 e. The van der Waals surface area contributed by atoms with Gasteiger partial charge >= 0.3 is 6.98 Å². The van der Waals surface area contributed by atoms with Crippen molar-refractivity contribution in [1.82, 2.24) is 4.98 Å². The van der Waals surface area contributed by atoms with Crippen LogP contribution in [0.1, 0.15) is 26.7 Å². The second-order valence-electron chi connectivity index (χ2n) is 4.23. The Morgan fingerprint density at radius 1 is 1.35 bits per heavy atom. The van der Waals surface area contributed by atoms with Crippen LogP contribution in [0.3, 0.4) is 0 Å². The first-order valence-electron chi connectivity index (χ1n) is 5.71. The molecule has 96 valence electrons. The Hall–Kier alpha value is -1.20. The average Bonchev–Trinajstić information content (AvgIpc) is 2.26. The van der Waals surface area contributed by atoms with Gasteiger partial charge in [-0.15, -0.1) is 0 Å². The van der Waals surface area contributed by atoms with Gasteiger partial charge in [0.2, 0.25) is 0 Å². The predicted molar refractivity (Wildman–Crippen MR) is 62.5 cm³/mol. The summed E-state index contributed by atoms with van der Waals surface area (Å²) >= 11 is 0. The standard InChI is InChI=1S/C11H16BF3NO/c1-3-4-9(2)8-17-11-5-10(6-16-7-11)12(13,14)15/h5-7,9H,3-4,8H2,1-2H3/q-1. The molecule has 1 heterocycles. The van der Waals surface area contributed by atoms with E-state index in [9.17, 15) is 12.9 Å². The fourth-order valence-electron chi connectivity index (χ4n) is 1.51. The molecular weight excluding hydrogens is 230 g/mol. The van der Waals surface area contributed by atoms with Crippen molar-refractivity contribution in [2.75, 3.05) is 6.61 Å². The van der Waals surface area contributed by atoms with Crippen LogP contribution in [0, 0.1) is 5.92 Å². The number of nitrogens with zero attached hydrogens (tertiary/aromatic N) is 1. The second-order valence-corrected chi connectivity index (χ2v) is 4.23. The van der Waals surface area contributed by atoms with Gasteiger partial charge in [-0.1, -0.05) is 25.7 Å². The molecule has 2 nitrogen and oxygen atoms in total. The van der Waals surface area contributed by atoms with Crippen molar-refractivity contribution in [1.29, 1.82) is 0 Å². The van der Waals surface area contributed by atoms with Crippen LogP contribution in [0.2, 0.25) is 0 Å². The Kier molecular flexibility index (Phi) is 4.84. The lowest BCUT2D eigenvalue weighted by molar-refractivity contribution is 0.251. The Balaban J connectivity index is 2.60. The molecule has 0 spiro atoms. The number of pyridine rings is 1. The van der Waals surface area contributed by atoms with E-state index in [1.54, 1.807) is 0 Å². The topological polar surface area (TPSA) is 22.1 Å². The van der Waals surface area contributed by atoms with Crippen LogP contribution in [-0.4, -0.2) is 18.6 Å². The SMILES string of the molecule is CCCC(C)COc1cncc([B-](F)(F)F)c1. The summed E-state index contributed by atoms with van der Waals surface area (Å²) in [6, 6.07) is 1.01. The van der Waals surface area contributed by atoms with Crippen LogP contribution in [0.15, 0.2) is 18.5 Å². The summed E-state index contributed by atoms with van der Waals surface area (Å²) in [6.07, 6.45) is 4.16. The number of ether oxygens (including phenoxy) is 1. The van der Waals surface area contributed by atoms with Gasteiger partial charge < -0.3 is 17.7 Å². The highest BCUT2D eigenvalue weighted by molar-refractivity contribution is 6.73. The highest BCUT2D eigenvalue weighted by Gasteiger charge is 2.26. The molecule has 1 unspecified atom stereocenters. The van der Waals surface area contributed by atoms with E-state index < -0.39 is 12.4 Å². The van der Waals surface area contributed by atoms with Crippen molar-refractivity contribution >= 4 is 12.4 Å². The molecule has 0 aliphatic rings. The third kappa shape index (κ3) is 4.67. The fraction of sp³-hybridized carbons (Fsp3) is 0.545. The van der Waals surface area contributed by atoms with Gasteiger partial charge in [-0.3, -0.25) is 4.98 Å². The molecular formula is C11H16BF3NO-. The zero-order valence-electron chi connectivity index (χ0n) is 10.00. The van der Waals surface area contributed by atoms with E-state index in [-0.39, 0.29) is 5.75 Å². The minimum absolute atomic E-state index is 0.185. The quantitative estimate of drug-likeness (QED) is 0.720. The number of hydrogen-bond donors (Lipinski definition) is 0. The second kappa shape index (κ2) is 5.93. The van der Waals surface area contributed by atoms with Crippen LogP contribution >= 0.6 is 0 Å². The maximum atomic E-state index is 12.5. The van der Waals surface area contributed by atoms with E-state index in [0.29, 0.717) is 12.5 Å². The number of halogens is 3. The van der Waals surface area contributed by atoms with Gasteiger partial charge in [-0.05, 0) is 18.4 Å². The Bertz CT molecular complexity index is 357. The van der Waals surface area contributed by atoms with Crippen molar-refractivity contribution in [2.45, 2.75) is 26.7 Å². The molecule has 1 aromatic rings. The first kappa shape index (κ1) is 13.9. The lowest BCUT2D eigenvalue weighted by atomic mass is 9.81. The third-order valence-corrected chi connectivity index (χ3v) is 2.43. The summed E-state index contributed by atoms with van der Waals surface area (Å²) in [5.74, 6) is 0.518. The van der Waals surface area contributed by atoms with Crippen LogP contribution in [-0.2, 0) is 0 Å². The Labute approximate surface area is 99.3 Å². The molecule has 6 heteroatoms. The summed E-state index contributed by atoms with van der Waals surface area (Å²) in [5, 5.41) is 0. The predicted octanol–water partition coefficient (Wildman–Crippen LogP) is 2.95. The molecule has 1 aromatic heterocycles. The molecule has 0 amide bonds. The van der Waals surface area contributed by atoms with Gasteiger partial charge in [0.05, 0.1) is 12.8 Å². The summed E-state index contributed by atoms with van der Waals surface area (Å²) in [4.78, 5) is 3.55. The zero-order valence-corrected chi connectivity index (χ0v) is 10.00. The minimum atomic E-state index is -5.01. The fourth-order valence-corrected chi connectivity index (χ4v) is 1.51. The van der Waals surface area contributed by atoms with Gasteiger partial charge in [-0.2, -0.15) is 0 Å². The number of rotatable bonds is 6. The van der Waals surface area contributed by atoms with Gasteiger partial charge in [-0.25, -0.2) is 0 Å². The van der Waals surface area contributed by atoms with Crippen LogP contribution < -0.4 is 10.2 Å². The van der Waals surface area contributed by atoms with Gasteiger partial charge in [0.1, 0.15) is 5.75 Å². The lowest BCUT2D eigenvalue weighted by Gasteiger charge is -2.16. The van der Waals surface area contributed by atoms with E-state index in [1.165, 1.54) is 6.20 Å². The maximum absolute atomic E-state index is 12.5. The molecule has 0 fully saturated rings. The molecule has 17 heavy (non-hydrogen) atoms. The monoisotopic (exact) mass is 246 g/mol. The van der Waals surface area contributed by atoms with Crippen LogP contribution in [0.25, 0.3) is 0 Å². The summed E-state index contributed by atoms with van der Waals surface area (Å²) < 4.78 is 42.7. The summed E-state index contributed by atoms with van der Waals surface area (Å²) in [7, 11) is 0. The van der Waals surface area contributed by atoms with E-state index in [0.717, 1.165) is 25.1 Å². The van der Waals surface area contributed by atoms with Crippen molar-refractivity contribution in [3.63, 3.8) is 0 Å². The lowest BCUT2D eigenvalue weighted by Crippen LogP contribution is -2.34. The van der Waals surface area contributed by atoms with E-state index in [4.69, 9.17) is 4.74 Å². The molecule has 0 aliphatic heterocycles. The van der Waals surface area contributed by atoms with Crippen molar-refractivity contribution in [3.8, 4) is 5.75 Å². The van der Waals surface area contributed by atoms with Gasteiger partial charge in [0.25, 0.3) is 0 Å². The van der Waals surface area contributed by atoms with E-state index in [1.807, 2.05) is 6.92 Å². The summed E-state index contributed by atoms with van der Waals surface area (Å²) in [5.41, 5.74) is -0.717. The van der Waals surface area contributed by atoms with Crippen molar-refractivity contribution in [2.24, 2.45) is 5.92 Å². The molecule has 0 N–H and O–H groups in total. The van der Waals surface area contributed by atoms with Crippen LogP contribution in [0.4, 0.5) is 12.9 Å². The smallest absolute Gasteiger partial charge is 0.492 e. The van der Waals surface area contributed by atoms with Crippen molar-refractivity contribution in [3.05, 3.63) is 18.5 Å². The van der Waals surface area contributed by atoms with E-state index >= 15 is 0 Å². The summed E-state index contributed by atoms with van der Waals surface area (Å²) in [6.45, 7) is -0.517. The van der Waals surface area contributed by atoms with Crippen molar-refractivity contribution < 1.29 is 17.7 Å². The average molecular weight is 246 g/mol. The normalized spacial score (nSPS) is 13.5. The van der Waals surface area contributed by atoms with E-state index in [2.05, 4.69) is 11.9 Å². The molecule has 0 aromatic carbocycles. The zero-order chi connectivity index (χ0) is 12.9. The van der Waals surface area contributed by atoms with Crippen LogP contribution in [0.5, 0.6) is 5.75 Å². The largest absolute Gasteiger partial charge is 0.511 e. The first-order valence-corrected chi connectivity index (χ1v) is 5.71. The molecule has 1 rings (SSSR count). The Morgan fingerprint density at radius 3 is 2.65 bits per heavy atom. The molecule has 0 radical (unpaired) electrons. The van der Waals surface area contributed by atoms with Gasteiger partial charge in [0.15, 0.2) is 0 Å². The first-order chi connectivity index (χ1) is 7.93. The minimum Gasteiger partial charge on any atom is -0.492 e. The number of hydrogen-bond acceptors (Lipinski definition) is 2.